The Kier molecular flexibility index (Phi) is 9.14. The highest BCUT2D eigenvalue weighted by atomic mass is 79.9. The van der Waals surface area contributed by atoms with Crippen LogP contribution in [0.15, 0.2) is 104 Å². The molecule has 0 radical (unpaired) electrons. The van der Waals surface area contributed by atoms with Crippen LogP contribution in [0.25, 0.3) is 0 Å². The lowest BCUT2D eigenvalue weighted by atomic mass is 9.93. The molecule has 0 saturated heterocycles. The van der Waals surface area contributed by atoms with Crippen molar-refractivity contribution in [3.63, 3.8) is 0 Å². The summed E-state index contributed by atoms with van der Waals surface area (Å²) in [6.45, 7) is 2.80. The topological polar surface area (TPSA) is 101 Å². The van der Waals surface area contributed by atoms with E-state index in [0.717, 1.165) is 53.7 Å². The lowest BCUT2D eigenvalue weighted by Crippen LogP contribution is -2.14. The summed E-state index contributed by atoms with van der Waals surface area (Å²) in [4.78, 5) is 23.9. The van der Waals surface area contributed by atoms with Crippen molar-refractivity contribution in [2.75, 3.05) is 0 Å². The van der Waals surface area contributed by atoms with Crippen LogP contribution >= 0.6 is 31.9 Å². The SMILES string of the molecule is CC(=O)Oc1ccc(Cc2ccc(OC(C)=O)c(C3CC(c4ccc(Br)cc4)=NN3)c2)cc1C1CC(c2ccc(Br)cc2)=NN1. The number of rotatable bonds is 8. The van der Waals surface area contributed by atoms with Gasteiger partial charge in [0.2, 0.25) is 0 Å². The first-order valence-corrected chi connectivity index (χ1v) is 16.1. The van der Waals surface area contributed by atoms with Crippen molar-refractivity contribution in [1.29, 1.82) is 0 Å². The zero-order valence-electron chi connectivity index (χ0n) is 24.6. The molecular weight excluding hydrogens is 700 g/mol. The lowest BCUT2D eigenvalue weighted by Gasteiger charge is -2.18. The zero-order valence-corrected chi connectivity index (χ0v) is 27.8. The lowest BCUT2D eigenvalue weighted by molar-refractivity contribution is -0.132. The minimum atomic E-state index is -0.379. The number of nitrogens with zero attached hydrogens (tertiary/aromatic N) is 2. The molecule has 4 aromatic rings. The van der Waals surface area contributed by atoms with Crippen molar-refractivity contribution in [3.8, 4) is 11.5 Å². The van der Waals surface area contributed by atoms with E-state index in [1.54, 1.807) is 0 Å². The minimum absolute atomic E-state index is 0.156. The van der Waals surface area contributed by atoms with Crippen molar-refractivity contribution in [3.05, 3.63) is 127 Å². The molecule has 0 amide bonds. The Morgan fingerprint density at radius 1 is 0.667 bits per heavy atom. The summed E-state index contributed by atoms with van der Waals surface area (Å²) in [7, 11) is 0. The Bertz CT molecular complexity index is 1690. The predicted molar refractivity (Wildman–Crippen MR) is 181 cm³/mol. The van der Waals surface area contributed by atoms with Crippen LogP contribution in [-0.2, 0) is 16.0 Å². The van der Waals surface area contributed by atoms with Gasteiger partial charge in [0.25, 0.3) is 0 Å². The van der Waals surface area contributed by atoms with Gasteiger partial charge in [-0.2, -0.15) is 10.2 Å². The number of nitrogens with one attached hydrogen (secondary N) is 2. The maximum atomic E-state index is 11.9. The van der Waals surface area contributed by atoms with E-state index in [9.17, 15) is 9.59 Å². The van der Waals surface area contributed by atoms with Gasteiger partial charge in [0.05, 0.1) is 23.5 Å². The van der Waals surface area contributed by atoms with Crippen LogP contribution in [0.4, 0.5) is 0 Å². The smallest absolute Gasteiger partial charge is 0.308 e. The van der Waals surface area contributed by atoms with Crippen LogP contribution < -0.4 is 20.3 Å². The van der Waals surface area contributed by atoms with Crippen LogP contribution in [0, 0.1) is 0 Å². The molecule has 8 nitrogen and oxygen atoms in total. The van der Waals surface area contributed by atoms with Gasteiger partial charge in [-0.15, -0.1) is 0 Å². The molecular formula is C35H30Br2N4O4. The molecule has 228 valence electrons. The maximum Gasteiger partial charge on any atom is 0.308 e. The minimum Gasteiger partial charge on any atom is -0.426 e. The highest BCUT2D eigenvalue weighted by Gasteiger charge is 2.27. The normalized spacial score (nSPS) is 17.2. The van der Waals surface area contributed by atoms with Gasteiger partial charge in [-0.3, -0.25) is 9.59 Å². The third kappa shape index (κ3) is 7.34. The highest BCUT2D eigenvalue weighted by Crippen LogP contribution is 2.36. The molecule has 10 heteroatoms. The van der Waals surface area contributed by atoms with Gasteiger partial charge in [-0.25, -0.2) is 0 Å². The first-order valence-electron chi connectivity index (χ1n) is 14.5. The number of hydrogen-bond donors (Lipinski definition) is 2. The summed E-state index contributed by atoms with van der Waals surface area (Å²) < 4.78 is 13.2. The van der Waals surface area contributed by atoms with E-state index in [0.29, 0.717) is 30.8 Å². The number of hydrogen-bond acceptors (Lipinski definition) is 8. The summed E-state index contributed by atoms with van der Waals surface area (Å²) in [5, 5.41) is 9.20. The molecule has 0 aliphatic carbocycles. The molecule has 0 saturated carbocycles. The fourth-order valence-electron chi connectivity index (χ4n) is 5.58. The zero-order chi connectivity index (χ0) is 31.5. The van der Waals surface area contributed by atoms with Crippen LogP contribution in [0.5, 0.6) is 11.5 Å². The maximum absolute atomic E-state index is 11.9. The molecule has 2 atom stereocenters. The van der Waals surface area contributed by atoms with Crippen LogP contribution in [0.1, 0.15) is 72.2 Å². The highest BCUT2D eigenvalue weighted by molar-refractivity contribution is 9.10. The van der Waals surface area contributed by atoms with E-state index in [1.807, 2.05) is 72.8 Å². The van der Waals surface area contributed by atoms with Gasteiger partial charge in [-0.05, 0) is 77.2 Å². The third-order valence-corrected chi connectivity index (χ3v) is 8.73. The van der Waals surface area contributed by atoms with Gasteiger partial charge in [0.1, 0.15) is 11.5 Å². The van der Waals surface area contributed by atoms with E-state index in [1.165, 1.54) is 13.8 Å². The molecule has 0 aromatic heterocycles. The van der Waals surface area contributed by atoms with E-state index in [-0.39, 0.29) is 24.0 Å². The van der Waals surface area contributed by atoms with E-state index < -0.39 is 0 Å². The molecule has 0 spiro atoms. The van der Waals surface area contributed by atoms with Crippen molar-refractivity contribution >= 4 is 55.2 Å². The summed E-state index contributed by atoms with van der Waals surface area (Å²) in [5.74, 6) is 0.260. The number of carbonyl (C=O) groups is 2. The Morgan fingerprint density at radius 2 is 1.07 bits per heavy atom. The van der Waals surface area contributed by atoms with E-state index >= 15 is 0 Å². The van der Waals surface area contributed by atoms with E-state index in [4.69, 9.17) is 9.47 Å². The summed E-state index contributed by atoms with van der Waals surface area (Å²) in [5.41, 5.74) is 14.2. The van der Waals surface area contributed by atoms with Gasteiger partial charge in [0, 0.05) is 46.8 Å². The van der Waals surface area contributed by atoms with Crippen molar-refractivity contribution in [1.82, 2.24) is 10.9 Å². The molecule has 0 fully saturated rings. The van der Waals surface area contributed by atoms with Gasteiger partial charge in [0.15, 0.2) is 0 Å². The summed E-state index contributed by atoms with van der Waals surface area (Å²) >= 11 is 6.97. The van der Waals surface area contributed by atoms with Gasteiger partial charge < -0.3 is 20.3 Å². The average molecular weight is 730 g/mol. The molecule has 6 rings (SSSR count). The number of halogens is 2. The second-order valence-electron chi connectivity index (χ2n) is 11.0. The fourth-order valence-corrected chi connectivity index (χ4v) is 6.11. The van der Waals surface area contributed by atoms with Crippen molar-refractivity contribution in [2.45, 2.75) is 45.2 Å². The Labute approximate surface area is 278 Å². The third-order valence-electron chi connectivity index (χ3n) is 7.68. The summed E-state index contributed by atoms with van der Waals surface area (Å²) in [6.07, 6.45) is 1.91. The molecule has 2 N–H and O–H groups in total. The quantitative estimate of drug-likeness (QED) is 0.144. The standard InChI is InChI=1S/C35H30Br2N4O4/c1-20(42)44-34-13-3-22(16-28(34)32-18-30(38-40-32)24-5-9-26(36)10-6-24)15-23-4-14-35(45-21(2)43)29(17-23)33-19-31(39-41-33)25-7-11-27(37)12-8-25/h3-14,16-17,32-33,40-41H,15,18-19H2,1-2H3. The fraction of sp³-hybridized carbons (Fsp3) is 0.200. The monoisotopic (exact) mass is 728 g/mol. The Balaban J connectivity index is 1.25. The second-order valence-corrected chi connectivity index (χ2v) is 12.8. The number of esters is 2. The summed E-state index contributed by atoms with van der Waals surface area (Å²) in [6, 6.07) is 27.5. The average Bonchev–Trinajstić information content (AvgIpc) is 3.70. The second kappa shape index (κ2) is 13.4. The van der Waals surface area contributed by atoms with Crippen molar-refractivity contribution in [2.24, 2.45) is 10.2 Å². The molecule has 2 aliphatic heterocycles. The molecule has 4 aromatic carbocycles. The van der Waals surface area contributed by atoms with Crippen LogP contribution in [-0.4, -0.2) is 23.4 Å². The number of benzene rings is 4. The Hall–Kier alpha value is -4.28. The molecule has 2 aliphatic rings. The predicted octanol–water partition coefficient (Wildman–Crippen LogP) is 7.53. The molecule has 0 bridgehead atoms. The first kappa shape index (κ1) is 30.7. The van der Waals surface area contributed by atoms with Crippen LogP contribution in [0.3, 0.4) is 0 Å². The molecule has 2 heterocycles. The number of carbonyl (C=O) groups excluding carboxylic acids is 2. The number of hydrazone groups is 2. The Morgan fingerprint density at radius 3 is 1.44 bits per heavy atom. The van der Waals surface area contributed by atoms with Crippen molar-refractivity contribution < 1.29 is 19.1 Å². The number of ether oxygens (including phenoxy) is 2. The van der Waals surface area contributed by atoms with Gasteiger partial charge in [-0.1, -0.05) is 68.3 Å². The molecule has 45 heavy (non-hydrogen) atoms. The first-order chi connectivity index (χ1) is 21.7. The largest absolute Gasteiger partial charge is 0.426 e. The molecule has 2 unspecified atom stereocenters. The van der Waals surface area contributed by atoms with E-state index in [2.05, 4.69) is 65.0 Å². The van der Waals surface area contributed by atoms with Crippen LogP contribution in [0.2, 0.25) is 0 Å². The van der Waals surface area contributed by atoms with Gasteiger partial charge >= 0.3 is 11.9 Å².